The lowest BCUT2D eigenvalue weighted by molar-refractivity contribution is -0.384. The zero-order chi connectivity index (χ0) is 16.7. The first kappa shape index (κ1) is 16.7. The van der Waals surface area contributed by atoms with E-state index in [0.717, 1.165) is 0 Å². The van der Waals surface area contributed by atoms with Gasteiger partial charge in [-0.25, -0.2) is 4.79 Å². The van der Waals surface area contributed by atoms with Crippen molar-refractivity contribution in [3.05, 3.63) is 51.9 Å². The molecule has 122 valence electrons. The first-order valence-corrected chi connectivity index (χ1v) is 7.56. The molecular formula is C14H15N3O5S. The van der Waals surface area contributed by atoms with Crippen molar-refractivity contribution in [2.75, 3.05) is 18.5 Å². The van der Waals surface area contributed by atoms with E-state index in [4.69, 9.17) is 4.74 Å². The van der Waals surface area contributed by atoms with E-state index in [0.29, 0.717) is 10.8 Å². The summed E-state index contributed by atoms with van der Waals surface area (Å²) in [7, 11) is 0. The van der Waals surface area contributed by atoms with Crippen molar-refractivity contribution in [1.29, 1.82) is 0 Å². The van der Waals surface area contributed by atoms with Gasteiger partial charge in [-0.15, -0.1) is 11.3 Å². The third kappa shape index (κ3) is 5.57. The summed E-state index contributed by atoms with van der Waals surface area (Å²) in [5.74, 6) is 0.401. The van der Waals surface area contributed by atoms with Crippen molar-refractivity contribution in [3.63, 3.8) is 0 Å². The number of nitro benzene ring substituents is 1. The number of carbonyl (C=O) groups excluding carboxylic acids is 1. The quantitative estimate of drug-likeness (QED) is 0.529. The number of non-ortho nitro benzene ring substituents is 1. The van der Waals surface area contributed by atoms with Crippen LogP contribution in [0.2, 0.25) is 0 Å². The second-order valence-corrected chi connectivity index (χ2v) is 5.48. The number of aliphatic hydroxyl groups excluding tert-OH is 1. The second kappa shape index (κ2) is 8.11. The Hall–Kier alpha value is -2.65. The Bertz CT molecular complexity index is 645. The number of amides is 2. The fourth-order valence-corrected chi connectivity index (χ4v) is 2.24. The number of urea groups is 1. The van der Waals surface area contributed by atoms with Gasteiger partial charge in [-0.2, -0.15) is 0 Å². The van der Waals surface area contributed by atoms with Gasteiger partial charge in [0.1, 0.15) is 18.5 Å². The first-order valence-electron chi connectivity index (χ1n) is 6.68. The molecule has 0 aliphatic carbocycles. The zero-order valence-corrected chi connectivity index (χ0v) is 12.8. The van der Waals surface area contributed by atoms with Crippen LogP contribution in [0.3, 0.4) is 0 Å². The van der Waals surface area contributed by atoms with Crippen molar-refractivity contribution >= 4 is 28.1 Å². The van der Waals surface area contributed by atoms with Crippen LogP contribution in [0.5, 0.6) is 5.75 Å². The standard InChI is InChI=1S/C14H15N3O5S/c18-11(8-15-14(19)16-13-2-1-7-23-13)9-22-12-5-3-10(4-6-12)17(20)21/h1-7,11,18H,8-9H2,(H2,15,16,19). The van der Waals surface area contributed by atoms with Crippen LogP contribution in [0.15, 0.2) is 41.8 Å². The number of nitrogens with zero attached hydrogens (tertiary/aromatic N) is 1. The molecule has 2 rings (SSSR count). The highest BCUT2D eigenvalue weighted by Gasteiger charge is 2.09. The number of hydrogen-bond donors (Lipinski definition) is 3. The number of ether oxygens (including phenoxy) is 1. The van der Waals surface area contributed by atoms with Gasteiger partial charge in [0.2, 0.25) is 0 Å². The highest BCUT2D eigenvalue weighted by Crippen LogP contribution is 2.17. The highest BCUT2D eigenvalue weighted by molar-refractivity contribution is 7.14. The number of nitro groups is 1. The Balaban J connectivity index is 1.69. The predicted octanol–water partition coefficient (Wildman–Crippen LogP) is 2.22. The van der Waals surface area contributed by atoms with E-state index < -0.39 is 17.1 Å². The number of aliphatic hydroxyl groups is 1. The average molecular weight is 337 g/mol. The Morgan fingerprint density at radius 3 is 2.70 bits per heavy atom. The summed E-state index contributed by atoms with van der Waals surface area (Å²) >= 11 is 1.39. The monoisotopic (exact) mass is 337 g/mol. The van der Waals surface area contributed by atoms with Crippen LogP contribution in [-0.2, 0) is 0 Å². The van der Waals surface area contributed by atoms with Crippen LogP contribution in [-0.4, -0.2) is 35.3 Å². The van der Waals surface area contributed by atoms with Crippen molar-refractivity contribution < 1.29 is 19.6 Å². The summed E-state index contributed by atoms with van der Waals surface area (Å²) in [5, 5.41) is 28.0. The molecule has 0 radical (unpaired) electrons. The molecule has 2 amide bonds. The lowest BCUT2D eigenvalue weighted by Crippen LogP contribution is -2.37. The molecule has 8 nitrogen and oxygen atoms in total. The number of carbonyl (C=O) groups is 1. The van der Waals surface area contributed by atoms with E-state index in [9.17, 15) is 20.0 Å². The van der Waals surface area contributed by atoms with E-state index in [1.54, 1.807) is 6.07 Å². The van der Waals surface area contributed by atoms with E-state index in [1.165, 1.54) is 35.6 Å². The summed E-state index contributed by atoms with van der Waals surface area (Å²) in [4.78, 5) is 21.6. The van der Waals surface area contributed by atoms with Crippen molar-refractivity contribution in [2.24, 2.45) is 0 Å². The first-order chi connectivity index (χ1) is 11.0. The van der Waals surface area contributed by atoms with Crippen LogP contribution < -0.4 is 15.4 Å². The van der Waals surface area contributed by atoms with Crippen LogP contribution in [0, 0.1) is 10.1 Å². The molecule has 0 bridgehead atoms. The van der Waals surface area contributed by atoms with E-state index in [1.807, 2.05) is 11.4 Å². The Labute approximate surface area is 135 Å². The molecule has 1 aromatic carbocycles. The topological polar surface area (TPSA) is 114 Å². The number of benzene rings is 1. The smallest absolute Gasteiger partial charge is 0.319 e. The Morgan fingerprint density at radius 2 is 2.09 bits per heavy atom. The minimum Gasteiger partial charge on any atom is -0.491 e. The largest absolute Gasteiger partial charge is 0.491 e. The minimum atomic E-state index is -0.903. The van der Waals surface area contributed by atoms with Gasteiger partial charge in [-0.05, 0) is 29.6 Å². The lowest BCUT2D eigenvalue weighted by atomic mass is 10.3. The Morgan fingerprint density at radius 1 is 1.35 bits per heavy atom. The van der Waals surface area contributed by atoms with Gasteiger partial charge in [0.25, 0.3) is 5.69 Å². The number of anilines is 1. The van der Waals surface area contributed by atoms with Crippen LogP contribution in [0.4, 0.5) is 15.5 Å². The van der Waals surface area contributed by atoms with Gasteiger partial charge in [0.15, 0.2) is 0 Å². The van der Waals surface area contributed by atoms with Crippen LogP contribution in [0.25, 0.3) is 0 Å². The van der Waals surface area contributed by atoms with Crippen molar-refractivity contribution in [2.45, 2.75) is 6.10 Å². The fraction of sp³-hybridized carbons (Fsp3) is 0.214. The van der Waals surface area contributed by atoms with E-state index >= 15 is 0 Å². The molecule has 2 aromatic rings. The summed E-state index contributed by atoms with van der Waals surface area (Å²) < 4.78 is 5.30. The van der Waals surface area contributed by atoms with Crippen LogP contribution in [0.1, 0.15) is 0 Å². The maximum Gasteiger partial charge on any atom is 0.319 e. The van der Waals surface area contributed by atoms with Crippen molar-refractivity contribution in [1.82, 2.24) is 5.32 Å². The number of nitrogens with one attached hydrogen (secondary N) is 2. The van der Waals surface area contributed by atoms with Gasteiger partial charge in [0.05, 0.1) is 9.92 Å². The maximum atomic E-state index is 11.6. The molecular weight excluding hydrogens is 322 g/mol. The van der Waals surface area contributed by atoms with Gasteiger partial charge < -0.3 is 15.2 Å². The third-order valence-electron chi connectivity index (χ3n) is 2.75. The molecule has 3 N–H and O–H groups in total. The van der Waals surface area contributed by atoms with Crippen molar-refractivity contribution in [3.8, 4) is 5.75 Å². The molecule has 1 heterocycles. The normalized spacial score (nSPS) is 11.5. The third-order valence-corrected chi connectivity index (χ3v) is 3.53. The molecule has 0 saturated heterocycles. The van der Waals surface area contributed by atoms with Gasteiger partial charge in [0, 0.05) is 18.7 Å². The van der Waals surface area contributed by atoms with E-state index in [-0.39, 0.29) is 18.8 Å². The molecule has 0 aliphatic heterocycles. The fourth-order valence-electron chi connectivity index (χ4n) is 1.63. The molecule has 9 heteroatoms. The summed E-state index contributed by atoms with van der Waals surface area (Å²) in [6, 6.07) is 8.68. The molecule has 1 aromatic heterocycles. The molecule has 0 aliphatic rings. The van der Waals surface area contributed by atoms with Gasteiger partial charge >= 0.3 is 6.03 Å². The van der Waals surface area contributed by atoms with E-state index in [2.05, 4.69) is 10.6 Å². The molecule has 0 saturated carbocycles. The van der Waals surface area contributed by atoms with Crippen LogP contribution >= 0.6 is 11.3 Å². The second-order valence-electron chi connectivity index (χ2n) is 4.53. The summed E-state index contributed by atoms with van der Waals surface area (Å²) in [5.41, 5.74) is -0.0372. The lowest BCUT2D eigenvalue weighted by Gasteiger charge is -2.13. The molecule has 0 spiro atoms. The van der Waals surface area contributed by atoms with Gasteiger partial charge in [-0.1, -0.05) is 0 Å². The number of rotatable bonds is 7. The zero-order valence-electron chi connectivity index (χ0n) is 12.0. The van der Waals surface area contributed by atoms with Gasteiger partial charge in [-0.3, -0.25) is 15.4 Å². The summed E-state index contributed by atoms with van der Waals surface area (Å²) in [6.45, 7) is -0.0265. The SMILES string of the molecule is O=C(NCC(O)COc1ccc([N+](=O)[O-])cc1)Nc1cccs1. The predicted molar refractivity (Wildman–Crippen MR) is 85.9 cm³/mol. The highest BCUT2D eigenvalue weighted by atomic mass is 32.1. The number of thiophene rings is 1. The average Bonchev–Trinajstić information content (AvgIpc) is 3.04. The summed E-state index contributed by atoms with van der Waals surface area (Å²) in [6.07, 6.45) is -0.903. The maximum absolute atomic E-state index is 11.6. The molecule has 1 atom stereocenters. The number of hydrogen-bond acceptors (Lipinski definition) is 6. The molecule has 0 fully saturated rings. The molecule has 1 unspecified atom stereocenters. The minimum absolute atomic E-state index is 0.0180. The Kier molecular flexibility index (Phi) is 5.89. The molecule has 23 heavy (non-hydrogen) atoms.